The monoisotopic (exact) mass is 279 g/mol. The van der Waals surface area contributed by atoms with Gasteiger partial charge >= 0.3 is 13.1 Å². The number of carboxylic acid groups (broad SMARTS) is 1. The number of aromatic nitrogens is 2. The van der Waals surface area contributed by atoms with E-state index >= 15 is 0 Å². The van der Waals surface area contributed by atoms with Gasteiger partial charge in [0.05, 0.1) is 22.5 Å². The lowest BCUT2D eigenvalue weighted by Crippen LogP contribution is -2.41. The molecule has 1 aliphatic rings. The molecule has 0 aliphatic carbocycles. The fourth-order valence-corrected chi connectivity index (χ4v) is 1.88. The van der Waals surface area contributed by atoms with E-state index in [2.05, 4.69) is 9.97 Å². The third kappa shape index (κ3) is 2.25. The molecular weight excluding hydrogens is 261 g/mol. The van der Waals surface area contributed by atoms with E-state index < -0.39 is 24.3 Å². The van der Waals surface area contributed by atoms with Gasteiger partial charge in [-0.25, -0.2) is 14.8 Å². The van der Waals surface area contributed by atoms with Gasteiger partial charge in [-0.05, 0) is 34.6 Å². The molecule has 0 saturated carbocycles. The van der Waals surface area contributed by atoms with Crippen LogP contribution in [0.4, 0.5) is 5.82 Å². The van der Waals surface area contributed by atoms with Crippen molar-refractivity contribution in [3.05, 3.63) is 11.4 Å². The van der Waals surface area contributed by atoms with Gasteiger partial charge in [0.25, 0.3) is 0 Å². The second kappa shape index (κ2) is 4.42. The van der Waals surface area contributed by atoms with Crippen LogP contribution in [0, 0.1) is 6.92 Å². The number of nitrogens with two attached hydrogens (primary N) is 1. The summed E-state index contributed by atoms with van der Waals surface area (Å²) in [6, 6.07) is 0. The van der Waals surface area contributed by atoms with Crippen molar-refractivity contribution in [1.29, 1.82) is 0 Å². The Kier molecular flexibility index (Phi) is 3.26. The zero-order valence-corrected chi connectivity index (χ0v) is 12.2. The maximum absolute atomic E-state index is 11.1. The standard InChI is InChI=1S/C12H18BN3O4/c1-6-8(16-7(10(17)18)9(14)15-6)13-19-11(2,3)12(4,5)20-13/h1-5H3,(H2,14,15)(H,17,18). The molecule has 0 spiro atoms. The van der Waals surface area contributed by atoms with Gasteiger partial charge in [0.15, 0.2) is 11.5 Å². The van der Waals surface area contributed by atoms with Gasteiger partial charge in [0.2, 0.25) is 0 Å². The van der Waals surface area contributed by atoms with Gasteiger partial charge in [-0.2, -0.15) is 0 Å². The molecule has 108 valence electrons. The predicted molar refractivity (Wildman–Crippen MR) is 73.9 cm³/mol. The molecule has 1 fully saturated rings. The Morgan fingerprint density at radius 3 is 2.15 bits per heavy atom. The number of carbonyl (C=O) groups is 1. The molecule has 0 atom stereocenters. The average Bonchev–Trinajstić information content (AvgIpc) is 2.47. The summed E-state index contributed by atoms with van der Waals surface area (Å²) in [5.74, 6) is -1.34. The van der Waals surface area contributed by atoms with Gasteiger partial charge < -0.3 is 20.1 Å². The number of aromatic carboxylic acids is 1. The van der Waals surface area contributed by atoms with E-state index in [1.807, 2.05) is 27.7 Å². The molecule has 0 radical (unpaired) electrons. The molecule has 0 unspecified atom stereocenters. The van der Waals surface area contributed by atoms with E-state index in [1.54, 1.807) is 6.92 Å². The molecule has 0 bridgehead atoms. The van der Waals surface area contributed by atoms with E-state index in [9.17, 15) is 4.79 Å². The van der Waals surface area contributed by atoms with E-state index in [1.165, 1.54) is 0 Å². The Labute approximate surface area is 117 Å². The first-order valence-corrected chi connectivity index (χ1v) is 6.28. The molecule has 1 aromatic heterocycles. The lowest BCUT2D eigenvalue weighted by molar-refractivity contribution is 0.00578. The van der Waals surface area contributed by atoms with E-state index in [0.29, 0.717) is 11.3 Å². The fourth-order valence-electron chi connectivity index (χ4n) is 1.88. The zero-order chi connectivity index (χ0) is 15.3. The van der Waals surface area contributed by atoms with Gasteiger partial charge in [0.1, 0.15) is 0 Å². The predicted octanol–water partition coefficient (Wildman–Crippen LogP) is 0.365. The van der Waals surface area contributed by atoms with Crippen molar-refractivity contribution in [3.63, 3.8) is 0 Å². The van der Waals surface area contributed by atoms with Crippen molar-refractivity contribution in [2.45, 2.75) is 45.8 Å². The Morgan fingerprint density at radius 2 is 1.70 bits per heavy atom. The van der Waals surface area contributed by atoms with Crippen molar-refractivity contribution < 1.29 is 19.2 Å². The molecule has 1 aromatic rings. The zero-order valence-electron chi connectivity index (χ0n) is 12.2. The van der Waals surface area contributed by atoms with Crippen LogP contribution in [-0.2, 0) is 9.31 Å². The lowest BCUT2D eigenvalue weighted by atomic mass is 9.82. The normalized spacial score (nSPS) is 20.1. The SMILES string of the molecule is Cc1nc(N)c(C(=O)O)nc1B1OC(C)(C)C(C)(C)O1. The van der Waals surface area contributed by atoms with E-state index in [-0.39, 0.29) is 11.5 Å². The number of nitrogen functional groups attached to an aromatic ring is 1. The highest BCUT2D eigenvalue weighted by Crippen LogP contribution is 2.36. The summed E-state index contributed by atoms with van der Waals surface area (Å²) in [6.07, 6.45) is 0. The van der Waals surface area contributed by atoms with Crippen LogP contribution >= 0.6 is 0 Å². The number of anilines is 1. The Bertz CT molecular complexity index is 558. The van der Waals surface area contributed by atoms with Crippen LogP contribution in [0.2, 0.25) is 0 Å². The minimum Gasteiger partial charge on any atom is -0.476 e. The summed E-state index contributed by atoms with van der Waals surface area (Å²) in [6.45, 7) is 9.32. The fraction of sp³-hybridized carbons (Fsp3) is 0.583. The largest absolute Gasteiger partial charge is 0.516 e. The van der Waals surface area contributed by atoms with E-state index in [4.69, 9.17) is 20.1 Å². The quantitative estimate of drug-likeness (QED) is 0.752. The van der Waals surface area contributed by atoms with Gasteiger partial charge in [0, 0.05) is 0 Å². The first kappa shape index (κ1) is 14.7. The minimum absolute atomic E-state index is 0.115. The van der Waals surface area contributed by atoms with Crippen LogP contribution in [0.25, 0.3) is 0 Å². The molecular formula is C12H18BN3O4. The smallest absolute Gasteiger partial charge is 0.476 e. The third-order valence-electron chi connectivity index (χ3n) is 3.81. The highest BCUT2D eigenvalue weighted by Gasteiger charge is 2.53. The summed E-state index contributed by atoms with van der Waals surface area (Å²) in [4.78, 5) is 19.1. The van der Waals surface area contributed by atoms with Crippen LogP contribution in [0.5, 0.6) is 0 Å². The summed E-state index contributed by atoms with van der Waals surface area (Å²) >= 11 is 0. The van der Waals surface area contributed by atoms with Crippen LogP contribution in [0.15, 0.2) is 0 Å². The maximum atomic E-state index is 11.1. The van der Waals surface area contributed by atoms with Crippen LogP contribution in [0.3, 0.4) is 0 Å². The molecule has 20 heavy (non-hydrogen) atoms. The Hall–Kier alpha value is -1.67. The minimum atomic E-state index is -1.23. The second-order valence-electron chi connectivity index (χ2n) is 5.82. The Morgan fingerprint density at radius 1 is 1.20 bits per heavy atom. The van der Waals surface area contributed by atoms with Gasteiger partial charge in [-0.15, -0.1) is 0 Å². The summed E-state index contributed by atoms with van der Waals surface area (Å²) in [5.41, 5.74) is 5.04. The highest BCUT2D eigenvalue weighted by molar-refractivity contribution is 6.61. The van der Waals surface area contributed by atoms with Crippen molar-refractivity contribution in [2.24, 2.45) is 0 Å². The van der Waals surface area contributed by atoms with Gasteiger partial charge in [-0.1, -0.05) is 0 Å². The number of aryl methyl sites for hydroxylation is 1. The first-order chi connectivity index (χ1) is 9.05. The van der Waals surface area contributed by atoms with Crippen molar-refractivity contribution in [3.8, 4) is 0 Å². The van der Waals surface area contributed by atoms with Gasteiger partial charge in [-0.3, -0.25) is 0 Å². The Balaban J connectivity index is 2.45. The first-order valence-electron chi connectivity index (χ1n) is 6.28. The third-order valence-corrected chi connectivity index (χ3v) is 3.81. The second-order valence-corrected chi connectivity index (χ2v) is 5.82. The average molecular weight is 279 g/mol. The van der Waals surface area contributed by atoms with E-state index in [0.717, 1.165) is 0 Å². The van der Waals surface area contributed by atoms with Crippen molar-refractivity contribution >= 4 is 24.5 Å². The van der Waals surface area contributed by atoms with Crippen LogP contribution < -0.4 is 11.3 Å². The summed E-state index contributed by atoms with van der Waals surface area (Å²) in [7, 11) is -0.758. The summed E-state index contributed by atoms with van der Waals surface area (Å²) in [5, 5.41) is 9.07. The topological polar surface area (TPSA) is 108 Å². The maximum Gasteiger partial charge on any atom is 0.516 e. The number of hydrogen-bond acceptors (Lipinski definition) is 6. The number of hydrogen-bond donors (Lipinski definition) is 2. The number of carboxylic acids is 1. The molecule has 1 saturated heterocycles. The molecule has 0 amide bonds. The lowest BCUT2D eigenvalue weighted by Gasteiger charge is -2.32. The molecule has 2 rings (SSSR count). The molecule has 8 heteroatoms. The molecule has 7 nitrogen and oxygen atoms in total. The highest BCUT2D eigenvalue weighted by atomic mass is 16.7. The summed E-state index contributed by atoms with van der Waals surface area (Å²) < 4.78 is 11.7. The number of rotatable bonds is 2. The molecule has 3 N–H and O–H groups in total. The van der Waals surface area contributed by atoms with Crippen molar-refractivity contribution in [1.82, 2.24) is 9.97 Å². The number of nitrogens with zero attached hydrogens (tertiary/aromatic N) is 2. The van der Waals surface area contributed by atoms with Crippen molar-refractivity contribution in [2.75, 3.05) is 5.73 Å². The molecule has 1 aliphatic heterocycles. The van der Waals surface area contributed by atoms with Crippen LogP contribution in [-0.4, -0.2) is 39.4 Å². The molecule has 0 aromatic carbocycles. The van der Waals surface area contributed by atoms with Crippen LogP contribution in [0.1, 0.15) is 43.9 Å². The molecule has 2 heterocycles.